The van der Waals surface area contributed by atoms with Gasteiger partial charge in [0.1, 0.15) is 5.75 Å². The molecule has 6 nitrogen and oxygen atoms in total. The van der Waals surface area contributed by atoms with Crippen molar-refractivity contribution in [2.24, 2.45) is 5.73 Å². The Bertz CT molecular complexity index is 581. The van der Waals surface area contributed by atoms with E-state index >= 15 is 0 Å². The molecular weight excluding hydrogens is 246 g/mol. The number of nitrogens with zero attached hydrogens (tertiary/aromatic N) is 2. The van der Waals surface area contributed by atoms with Gasteiger partial charge in [-0.15, -0.1) is 0 Å². The minimum Gasteiger partial charge on any atom is -0.508 e. The van der Waals surface area contributed by atoms with Gasteiger partial charge in [0.2, 0.25) is 11.7 Å². The second kappa shape index (κ2) is 4.32. The van der Waals surface area contributed by atoms with Crippen molar-refractivity contribution >= 4 is 0 Å². The molecule has 0 bridgehead atoms. The van der Waals surface area contributed by atoms with Gasteiger partial charge in [-0.3, -0.25) is 0 Å². The van der Waals surface area contributed by atoms with Crippen LogP contribution in [0.5, 0.6) is 5.75 Å². The number of phenolic OH excluding ortho intramolecular Hbond substituents is 1. The first kappa shape index (κ1) is 12.1. The van der Waals surface area contributed by atoms with E-state index in [2.05, 4.69) is 10.1 Å². The maximum absolute atomic E-state index is 9.26. The first-order chi connectivity index (χ1) is 9.09. The molecule has 2 atom stereocenters. The fraction of sp³-hybridized carbons (Fsp3) is 0.385. The molecule has 3 N–H and O–H groups in total. The molecule has 3 rings (SSSR count). The van der Waals surface area contributed by atoms with Crippen molar-refractivity contribution in [1.29, 1.82) is 0 Å². The summed E-state index contributed by atoms with van der Waals surface area (Å²) in [7, 11) is 0. The molecule has 100 valence electrons. The highest BCUT2D eigenvalue weighted by atomic mass is 16.5. The summed E-state index contributed by atoms with van der Waals surface area (Å²) in [5, 5.41) is 13.2. The largest absolute Gasteiger partial charge is 0.508 e. The fourth-order valence-electron chi connectivity index (χ4n) is 2.09. The van der Waals surface area contributed by atoms with Gasteiger partial charge in [-0.1, -0.05) is 5.16 Å². The SMILES string of the molecule is CC1(c2nc(-c3ccc(O)cc3)no2)COCC1N. The average Bonchev–Trinajstić information content (AvgIpc) is 3.00. The van der Waals surface area contributed by atoms with Crippen molar-refractivity contribution in [3.8, 4) is 17.1 Å². The summed E-state index contributed by atoms with van der Waals surface area (Å²) in [5.74, 6) is 1.17. The van der Waals surface area contributed by atoms with Gasteiger partial charge in [-0.05, 0) is 31.2 Å². The molecule has 0 amide bonds. The van der Waals surface area contributed by atoms with Crippen molar-refractivity contribution < 1.29 is 14.4 Å². The topological polar surface area (TPSA) is 94.4 Å². The normalized spacial score (nSPS) is 26.7. The molecule has 2 unspecified atom stereocenters. The van der Waals surface area contributed by atoms with Gasteiger partial charge in [0.15, 0.2) is 0 Å². The number of aromatic nitrogens is 2. The van der Waals surface area contributed by atoms with Crippen LogP contribution in [0.3, 0.4) is 0 Å². The van der Waals surface area contributed by atoms with Crippen LogP contribution in [0.4, 0.5) is 0 Å². The van der Waals surface area contributed by atoms with Crippen molar-refractivity contribution in [3.63, 3.8) is 0 Å². The maximum Gasteiger partial charge on any atom is 0.236 e. The Labute approximate surface area is 110 Å². The second-order valence-corrected chi connectivity index (χ2v) is 5.01. The van der Waals surface area contributed by atoms with E-state index in [0.717, 1.165) is 5.56 Å². The third-order valence-electron chi connectivity index (χ3n) is 3.56. The molecule has 1 aromatic carbocycles. The van der Waals surface area contributed by atoms with Crippen molar-refractivity contribution in [3.05, 3.63) is 30.2 Å². The predicted octanol–water partition coefficient (Wildman–Crippen LogP) is 1.06. The molecule has 1 aliphatic heterocycles. The monoisotopic (exact) mass is 261 g/mol. The third kappa shape index (κ3) is 1.98. The Morgan fingerprint density at radius 3 is 2.74 bits per heavy atom. The molecule has 6 heteroatoms. The van der Waals surface area contributed by atoms with Gasteiger partial charge in [0, 0.05) is 11.6 Å². The smallest absolute Gasteiger partial charge is 0.236 e. The lowest BCUT2D eigenvalue weighted by atomic mass is 9.86. The zero-order valence-corrected chi connectivity index (χ0v) is 10.5. The maximum atomic E-state index is 9.26. The molecule has 1 fully saturated rings. The predicted molar refractivity (Wildman–Crippen MR) is 67.5 cm³/mol. The Kier molecular flexibility index (Phi) is 2.76. The summed E-state index contributed by atoms with van der Waals surface area (Å²) in [6.07, 6.45) is 0. The Morgan fingerprint density at radius 1 is 1.37 bits per heavy atom. The molecule has 0 spiro atoms. The molecule has 19 heavy (non-hydrogen) atoms. The molecule has 1 aromatic heterocycles. The van der Waals surface area contributed by atoms with Gasteiger partial charge in [0.25, 0.3) is 0 Å². The highest BCUT2D eigenvalue weighted by Gasteiger charge is 2.44. The third-order valence-corrected chi connectivity index (χ3v) is 3.56. The van der Waals surface area contributed by atoms with Crippen LogP contribution in [0.1, 0.15) is 12.8 Å². The van der Waals surface area contributed by atoms with Crippen LogP contribution in [-0.4, -0.2) is 34.5 Å². The van der Waals surface area contributed by atoms with Gasteiger partial charge >= 0.3 is 0 Å². The Morgan fingerprint density at radius 2 is 2.11 bits per heavy atom. The highest BCUT2D eigenvalue weighted by molar-refractivity contribution is 5.55. The number of rotatable bonds is 2. The highest BCUT2D eigenvalue weighted by Crippen LogP contribution is 2.32. The van der Waals surface area contributed by atoms with Crippen LogP contribution in [0.2, 0.25) is 0 Å². The second-order valence-electron chi connectivity index (χ2n) is 5.01. The van der Waals surface area contributed by atoms with E-state index in [9.17, 15) is 5.11 Å². The molecule has 0 radical (unpaired) electrons. The quantitative estimate of drug-likeness (QED) is 0.839. The van der Waals surface area contributed by atoms with E-state index in [1.165, 1.54) is 0 Å². The Balaban J connectivity index is 1.93. The number of hydrogen-bond donors (Lipinski definition) is 2. The van der Waals surface area contributed by atoms with Gasteiger partial charge in [-0.2, -0.15) is 4.98 Å². The summed E-state index contributed by atoms with van der Waals surface area (Å²) in [6, 6.07) is 6.48. The van der Waals surface area contributed by atoms with Crippen LogP contribution in [-0.2, 0) is 10.2 Å². The van der Waals surface area contributed by atoms with Crippen molar-refractivity contribution in [1.82, 2.24) is 10.1 Å². The zero-order chi connectivity index (χ0) is 13.5. The van der Waals surface area contributed by atoms with Crippen molar-refractivity contribution in [2.45, 2.75) is 18.4 Å². The average molecular weight is 261 g/mol. The Hall–Kier alpha value is -1.92. The van der Waals surface area contributed by atoms with Crippen LogP contribution in [0.15, 0.2) is 28.8 Å². The lowest BCUT2D eigenvalue weighted by Gasteiger charge is -2.21. The summed E-state index contributed by atoms with van der Waals surface area (Å²) >= 11 is 0. The van der Waals surface area contributed by atoms with Gasteiger partial charge < -0.3 is 20.1 Å². The lowest BCUT2D eigenvalue weighted by molar-refractivity contribution is 0.169. The van der Waals surface area contributed by atoms with Gasteiger partial charge in [-0.25, -0.2) is 0 Å². The minimum atomic E-state index is -0.442. The zero-order valence-electron chi connectivity index (χ0n) is 10.5. The molecular formula is C13H15N3O3. The van der Waals surface area contributed by atoms with Crippen LogP contribution in [0, 0.1) is 0 Å². The summed E-state index contributed by atoms with van der Waals surface area (Å²) in [6.45, 7) is 2.93. The molecule has 0 saturated carbocycles. The minimum absolute atomic E-state index is 0.152. The van der Waals surface area contributed by atoms with Crippen molar-refractivity contribution in [2.75, 3.05) is 13.2 Å². The summed E-state index contributed by atoms with van der Waals surface area (Å²) < 4.78 is 10.7. The number of nitrogens with two attached hydrogens (primary N) is 1. The summed E-state index contributed by atoms with van der Waals surface area (Å²) in [5.41, 5.74) is 6.37. The molecule has 1 saturated heterocycles. The van der Waals surface area contributed by atoms with Gasteiger partial charge in [0.05, 0.1) is 18.6 Å². The van der Waals surface area contributed by atoms with Crippen LogP contribution >= 0.6 is 0 Å². The fourth-order valence-corrected chi connectivity index (χ4v) is 2.09. The number of hydrogen-bond acceptors (Lipinski definition) is 6. The van der Waals surface area contributed by atoms with E-state index in [0.29, 0.717) is 24.9 Å². The number of aromatic hydroxyl groups is 1. The first-order valence-electron chi connectivity index (χ1n) is 6.06. The first-order valence-corrected chi connectivity index (χ1v) is 6.06. The van der Waals surface area contributed by atoms with E-state index in [1.807, 2.05) is 6.92 Å². The molecule has 1 aliphatic rings. The number of benzene rings is 1. The number of phenols is 1. The standard InChI is InChI=1S/C13H15N3O3/c1-13(7-18-6-10(13)14)12-15-11(16-19-12)8-2-4-9(17)5-3-8/h2-5,10,17H,6-7,14H2,1H3. The van der Waals surface area contributed by atoms with Crippen LogP contribution in [0.25, 0.3) is 11.4 Å². The van der Waals surface area contributed by atoms with E-state index in [-0.39, 0.29) is 11.8 Å². The summed E-state index contributed by atoms with van der Waals surface area (Å²) in [4.78, 5) is 4.39. The molecule has 2 heterocycles. The molecule has 0 aliphatic carbocycles. The van der Waals surface area contributed by atoms with E-state index in [1.54, 1.807) is 24.3 Å². The van der Waals surface area contributed by atoms with E-state index in [4.69, 9.17) is 15.0 Å². The van der Waals surface area contributed by atoms with E-state index < -0.39 is 5.41 Å². The lowest BCUT2D eigenvalue weighted by Crippen LogP contribution is -2.42. The number of ether oxygens (including phenoxy) is 1. The van der Waals surface area contributed by atoms with Crippen LogP contribution < -0.4 is 5.73 Å². The molecule has 2 aromatic rings.